The van der Waals surface area contributed by atoms with Gasteiger partial charge in [0.2, 0.25) is 0 Å². The summed E-state index contributed by atoms with van der Waals surface area (Å²) in [4.78, 5) is 11.1. The molecule has 0 aliphatic heterocycles. The van der Waals surface area contributed by atoms with Gasteiger partial charge < -0.3 is 22.0 Å². The molecular formula is C7H18ClNOP-. The molecular weight excluding hydrogens is 181 g/mol. The molecule has 0 radical (unpaired) electrons. The lowest BCUT2D eigenvalue weighted by Gasteiger charge is -2.35. The summed E-state index contributed by atoms with van der Waals surface area (Å²) in [5.41, 5.74) is 0. The average molecular weight is 199 g/mol. The number of quaternary nitrogens is 1. The van der Waals surface area contributed by atoms with Crippen molar-refractivity contribution >= 4 is 8.30 Å². The summed E-state index contributed by atoms with van der Waals surface area (Å²) in [5, 5.41) is 0. The minimum atomic E-state index is -1.08. The molecule has 2 nitrogen and oxygen atoms in total. The zero-order valence-electron chi connectivity index (χ0n) is 7.89. The van der Waals surface area contributed by atoms with E-state index in [1.165, 1.54) is 4.67 Å². The van der Waals surface area contributed by atoms with Gasteiger partial charge in [-0.25, -0.2) is 0 Å². The molecule has 0 aliphatic rings. The van der Waals surface area contributed by atoms with Crippen LogP contribution in [0.2, 0.25) is 0 Å². The van der Waals surface area contributed by atoms with E-state index in [9.17, 15) is 4.89 Å². The van der Waals surface area contributed by atoms with E-state index in [2.05, 4.69) is 27.7 Å². The Balaban J connectivity index is 0. The second-order valence-electron chi connectivity index (χ2n) is 3.23. The van der Waals surface area contributed by atoms with Gasteiger partial charge in [-0.05, 0) is 34.4 Å². The smallest absolute Gasteiger partial charge is 0.0821 e. The van der Waals surface area contributed by atoms with Crippen molar-refractivity contribution in [1.29, 1.82) is 0 Å². The van der Waals surface area contributed by atoms with E-state index in [4.69, 9.17) is 0 Å². The molecule has 0 aliphatic carbocycles. The van der Waals surface area contributed by atoms with E-state index in [1.54, 1.807) is 6.66 Å². The van der Waals surface area contributed by atoms with Gasteiger partial charge in [0, 0.05) is 8.30 Å². The maximum atomic E-state index is 11.1. The van der Waals surface area contributed by atoms with Gasteiger partial charge >= 0.3 is 0 Å². The van der Waals surface area contributed by atoms with Crippen molar-refractivity contribution < 1.29 is 22.0 Å². The molecule has 1 unspecified atom stereocenters. The van der Waals surface area contributed by atoms with Gasteiger partial charge in [-0.15, -0.1) is 0 Å². The quantitative estimate of drug-likeness (QED) is 0.481. The first-order valence-corrected chi connectivity index (χ1v) is 5.45. The van der Waals surface area contributed by atoms with Gasteiger partial charge in [0.05, 0.1) is 12.1 Å². The van der Waals surface area contributed by atoms with E-state index < -0.39 is 8.30 Å². The van der Waals surface area contributed by atoms with Crippen molar-refractivity contribution in [3.05, 3.63) is 0 Å². The minimum Gasteiger partial charge on any atom is -1.00 e. The topological polar surface area (TPSA) is 27.5 Å². The zero-order chi connectivity index (χ0) is 8.31. The van der Waals surface area contributed by atoms with Crippen LogP contribution in [0.25, 0.3) is 0 Å². The van der Waals surface area contributed by atoms with Crippen LogP contribution in [-0.2, 0) is 0 Å². The first kappa shape index (κ1) is 14.2. The van der Waals surface area contributed by atoms with Crippen molar-refractivity contribution in [2.45, 2.75) is 39.8 Å². The number of rotatable bonds is 3. The number of hydrogen-bond donors (Lipinski definition) is 1. The predicted octanol–water partition coefficient (Wildman–Crippen LogP) is -3.01. The lowest BCUT2D eigenvalue weighted by Crippen LogP contribution is -3.13. The summed E-state index contributed by atoms with van der Waals surface area (Å²) >= 11 is 0. The molecule has 0 aromatic carbocycles. The fraction of sp³-hybridized carbons (Fsp3) is 1.00. The molecule has 11 heavy (non-hydrogen) atoms. The first-order chi connectivity index (χ1) is 4.46. The minimum absolute atomic E-state index is 0. The Bertz CT molecular complexity index is 79.4. The van der Waals surface area contributed by atoms with Crippen LogP contribution in [0.4, 0.5) is 0 Å². The van der Waals surface area contributed by atoms with Crippen LogP contribution in [0.3, 0.4) is 0 Å². The lowest BCUT2D eigenvalue weighted by molar-refractivity contribution is -0.833. The fourth-order valence-corrected chi connectivity index (χ4v) is 2.85. The molecule has 0 rings (SSSR count). The van der Waals surface area contributed by atoms with Crippen molar-refractivity contribution in [3.8, 4) is 0 Å². The second-order valence-corrected chi connectivity index (χ2v) is 4.74. The van der Waals surface area contributed by atoms with E-state index in [-0.39, 0.29) is 12.4 Å². The average Bonchev–Trinajstić information content (AvgIpc) is 1.59. The fourth-order valence-electron chi connectivity index (χ4n) is 1.39. The summed E-state index contributed by atoms with van der Waals surface area (Å²) < 4.78 is 1.20. The SMILES string of the molecule is CC(C)[NH+](C(C)C)P(C)[O-].[Cl-]. The summed E-state index contributed by atoms with van der Waals surface area (Å²) in [6, 6.07) is 0.933. The molecule has 0 bridgehead atoms. The third-order valence-electron chi connectivity index (χ3n) is 1.55. The van der Waals surface area contributed by atoms with Crippen LogP contribution in [0.1, 0.15) is 27.7 Å². The van der Waals surface area contributed by atoms with Gasteiger partial charge in [0.15, 0.2) is 0 Å². The van der Waals surface area contributed by atoms with Crippen molar-refractivity contribution in [2.75, 3.05) is 6.66 Å². The number of hydrogen-bond acceptors (Lipinski definition) is 1. The Morgan fingerprint density at radius 1 is 1.09 bits per heavy atom. The van der Waals surface area contributed by atoms with Gasteiger partial charge in [-0.3, -0.25) is 0 Å². The number of nitrogens with one attached hydrogen (secondary N) is 1. The van der Waals surface area contributed by atoms with Gasteiger partial charge in [0.25, 0.3) is 0 Å². The summed E-state index contributed by atoms with van der Waals surface area (Å²) in [7, 11) is -1.08. The molecule has 0 heterocycles. The maximum Gasteiger partial charge on any atom is 0.0821 e. The summed E-state index contributed by atoms with van der Waals surface area (Å²) in [6.45, 7) is 10.2. The van der Waals surface area contributed by atoms with Gasteiger partial charge in [-0.1, -0.05) is 0 Å². The third-order valence-corrected chi connectivity index (χ3v) is 3.31. The van der Waals surface area contributed by atoms with Crippen molar-refractivity contribution in [1.82, 2.24) is 0 Å². The third kappa shape index (κ3) is 4.97. The molecule has 0 amide bonds. The molecule has 0 aromatic heterocycles. The van der Waals surface area contributed by atoms with E-state index in [1.807, 2.05) is 0 Å². The Morgan fingerprint density at radius 2 is 1.36 bits per heavy atom. The highest BCUT2D eigenvalue weighted by molar-refractivity contribution is 7.41. The number of halogens is 1. The highest BCUT2D eigenvalue weighted by Crippen LogP contribution is 2.05. The normalized spacial score (nSPS) is 13.9. The molecule has 0 spiro atoms. The van der Waals surface area contributed by atoms with Crippen molar-refractivity contribution in [3.63, 3.8) is 0 Å². The van der Waals surface area contributed by atoms with Crippen molar-refractivity contribution in [2.24, 2.45) is 0 Å². The standard InChI is InChI=1S/C7H17NOP.ClH/c1-6(2)8(7(3)4)10(5)9;/h6-7H,1-5H3;1H/q-1;. The molecule has 70 valence electrons. The largest absolute Gasteiger partial charge is 1.00 e. The van der Waals surface area contributed by atoms with E-state index >= 15 is 0 Å². The van der Waals surface area contributed by atoms with Crippen LogP contribution < -0.4 is 22.0 Å². The zero-order valence-corrected chi connectivity index (χ0v) is 9.54. The van der Waals surface area contributed by atoms with Crippen LogP contribution in [0.15, 0.2) is 0 Å². The Morgan fingerprint density at radius 3 is 1.36 bits per heavy atom. The predicted molar refractivity (Wildman–Crippen MR) is 44.1 cm³/mol. The molecule has 0 saturated heterocycles. The molecule has 1 atom stereocenters. The second kappa shape index (κ2) is 6.19. The van der Waals surface area contributed by atoms with Crippen LogP contribution in [0, 0.1) is 0 Å². The Kier molecular flexibility index (Phi) is 7.98. The maximum absolute atomic E-state index is 11.1. The van der Waals surface area contributed by atoms with Crippen LogP contribution in [0.5, 0.6) is 0 Å². The Hall–Kier alpha value is 0.640. The summed E-state index contributed by atoms with van der Waals surface area (Å²) in [5.74, 6) is 0. The molecule has 0 fully saturated rings. The summed E-state index contributed by atoms with van der Waals surface area (Å²) in [6.07, 6.45) is 0. The van der Waals surface area contributed by atoms with E-state index in [0.29, 0.717) is 12.1 Å². The molecule has 0 saturated carbocycles. The van der Waals surface area contributed by atoms with E-state index in [0.717, 1.165) is 0 Å². The molecule has 0 aromatic rings. The van der Waals surface area contributed by atoms with Crippen LogP contribution >= 0.6 is 8.30 Å². The highest BCUT2D eigenvalue weighted by Gasteiger charge is 2.16. The van der Waals surface area contributed by atoms with Gasteiger partial charge in [-0.2, -0.15) is 0 Å². The van der Waals surface area contributed by atoms with Gasteiger partial charge in [0.1, 0.15) is 0 Å². The monoisotopic (exact) mass is 198 g/mol. The molecule has 1 N–H and O–H groups in total. The van der Waals surface area contributed by atoms with Crippen LogP contribution in [-0.4, -0.2) is 18.7 Å². The molecule has 4 heteroatoms. The Labute approximate surface area is 77.3 Å². The highest BCUT2D eigenvalue weighted by atomic mass is 35.5. The first-order valence-electron chi connectivity index (χ1n) is 3.74. The lowest BCUT2D eigenvalue weighted by atomic mass is 10.3.